The Bertz CT molecular complexity index is 450. The SMILES string of the molecule is N#CCc1cc(=O)[nH]c(CCl)c1C(F)F. The van der Waals surface area contributed by atoms with Gasteiger partial charge in [0.1, 0.15) is 0 Å². The van der Waals surface area contributed by atoms with Crippen LogP contribution in [0.2, 0.25) is 0 Å². The number of nitrogens with one attached hydrogen (secondary N) is 1. The molecule has 80 valence electrons. The highest BCUT2D eigenvalue weighted by Crippen LogP contribution is 2.25. The maximum absolute atomic E-state index is 12.6. The van der Waals surface area contributed by atoms with Crippen LogP contribution in [0.25, 0.3) is 0 Å². The third kappa shape index (κ3) is 2.54. The predicted octanol–water partition coefficient (Wildman–Crippen LogP) is 2.12. The summed E-state index contributed by atoms with van der Waals surface area (Å²) in [6, 6.07) is 2.73. The molecule has 0 atom stereocenters. The van der Waals surface area contributed by atoms with Crippen LogP contribution in [0.1, 0.15) is 23.2 Å². The first-order valence-corrected chi connectivity index (χ1v) is 4.59. The van der Waals surface area contributed by atoms with Crippen molar-refractivity contribution in [2.75, 3.05) is 0 Å². The summed E-state index contributed by atoms with van der Waals surface area (Å²) in [7, 11) is 0. The summed E-state index contributed by atoms with van der Waals surface area (Å²) in [5.74, 6) is -0.214. The average molecular weight is 233 g/mol. The van der Waals surface area contributed by atoms with Gasteiger partial charge in [-0.1, -0.05) is 0 Å². The summed E-state index contributed by atoms with van der Waals surface area (Å²) in [6.45, 7) is 0. The third-order valence-corrected chi connectivity index (χ3v) is 2.14. The first kappa shape index (κ1) is 11.7. The lowest BCUT2D eigenvalue weighted by molar-refractivity contribution is 0.149. The molecule has 15 heavy (non-hydrogen) atoms. The van der Waals surface area contributed by atoms with E-state index in [0.29, 0.717) is 0 Å². The minimum absolute atomic E-state index is 0.0237. The minimum Gasteiger partial charge on any atom is -0.324 e. The van der Waals surface area contributed by atoms with E-state index >= 15 is 0 Å². The molecule has 0 saturated heterocycles. The summed E-state index contributed by atoms with van der Waals surface area (Å²) >= 11 is 5.43. The van der Waals surface area contributed by atoms with E-state index in [1.54, 1.807) is 6.07 Å². The molecule has 6 heteroatoms. The monoisotopic (exact) mass is 232 g/mol. The highest BCUT2D eigenvalue weighted by atomic mass is 35.5. The van der Waals surface area contributed by atoms with Crippen LogP contribution in [-0.4, -0.2) is 4.98 Å². The van der Waals surface area contributed by atoms with Crippen LogP contribution in [-0.2, 0) is 12.3 Å². The highest BCUT2D eigenvalue weighted by Gasteiger charge is 2.18. The van der Waals surface area contributed by atoms with Gasteiger partial charge in [-0.2, -0.15) is 5.26 Å². The van der Waals surface area contributed by atoms with Crippen LogP contribution in [0.15, 0.2) is 10.9 Å². The van der Waals surface area contributed by atoms with E-state index < -0.39 is 12.0 Å². The maximum Gasteiger partial charge on any atom is 0.265 e. The summed E-state index contributed by atoms with van der Waals surface area (Å²) in [6.07, 6.45) is -2.98. The van der Waals surface area contributed by atoms with Gasteiger partial charge in [-0.05, 0) is 5.56 Å². The lowest BCUT2D eigenvalue weighted by Gasteiger charge is -2.09. The molecule has 1 aromatic rings. The molecule has 0 fully saturated rings. The number of pyridine rings is 1. The van der Waals surface area contributed by atoms with Crippen molar-refractivity contribution in [1.29, 1.82) is 5.26 Å². The molecular formula is C9H7ClF2N2O. The Morgan fingerprint density at radius 1 is 1.60 bits per heavy atom. The molecule has 1 aromatic heterocycles. The van der Waals surface area contributed by atoms with Gasteiger partial charge in [0.05, 0.1) is 18.4 Å². The number of aromatic amines is 1. The smallest absolute Gasteiger partial charge is 0.265 e. The van der Waals surface area contributed by atoms with Gasteiger partial charge in [-0.3, -0.25) is 4.79 Å². The Morgan fingerprint density at radius 3 is 2.73 bits per heavy atom. The molecule has 3 nitrogen and oxygen atoms in total. The fourth-order valence-electron chi connectivity index (χ4n) is 1.29. The van der Waals surface area contributed by atoms with E-state index in [-0.39, 0.29) is 29.1 Å². The molecule has 0 unspecified atom stereocenters. The zero-order chi connectivity index (χ0) is 11.4. The zero-order valence-corrected chi connectivity index (χ0v) is 8.31. The van der Waals surface area contributed by atoms with Crippen molar-refractivity contribution in [3.05, 3.63) is 33.2 Å². The van der Waals surface area contributed by atoms with Gasteiger partial charge in [0.25, 0.3) is 6.43 Å². The number of nitrogens with zero attached hydrogens (tertiary/aromatic N) is 1. The topological polar surface area (TPSA) is 56.6 Å². The third-order valence-electron chi connectivity index (χ3n) is 1.87. The predicted molar refractivity (Wildman–Crippen MR) is 50.9 cm³/mol. The number of alkyl halides is 3. The zero-order valence-electron chi connectivity index (χ0n) is 7.56. The Morgan fingerprint density at radius 2 is 2.27 bits per heavy atom. The van der Waals surface area contributed by atoms with Gasteiger partial charge in [0, 0.05) is 17.3 Å². The largest absolute Gasteiger partial charge is 0.324 e. The van der Waals surface area contributed by atoms with Crippen molar-refractivity contribution in [3.63, 3.8) is 0 Å². The molecule has 1 N–H and O–H groups in total. The lowest BCUT2D eigenvalue weighted by atomic mass is 10.1. The quantitative estimate of drug-likeness (QED) is 0.812. The number of hydrogen-bond donors (Lipinski definition) is 1. The lowest BCUT2D eigenvalue weighted by Crippen LogP contribution is -2.13. The molecule has 0 aliphatic carbocycles. The molecule has 0 radical (unpaired) electrons. The second kappa shape index (κ2) is 4.89. The summed E-state index contributed by atoms with van der Waals surface area (Å²) in [5, 5.41) is 8.44. The normalized spacial score (nSPS) is 10.3. The van der Waals surface area contributed by atoms with E-state index in [2.05, 4.69) is 4.98 Å². The van der Waals surface area contributed by atoms with Gasteiger partial charge >= 0.3 is 0 Å². The number of aromatic nitrogens is 1. The van der Waals surface area contributed by atoms with E-state index in [1.165, 1.54) is 0 Å². The van der Waals surface area contributed by atoms with E-state index in [1.807, 2.05) is 0 Å². The first-order chi connectivity index (χ1) is 7.10. The number of nitriles is 1. The Kier molecular flexibility index (Phi) is 3.81. The second-order valence-electron chi connectivity index (χ2n) is 2.82. The minimum atomic E-state index is -2.75. The molecule has 0 aromatic carbocycles. The number of H-pyrrole nitrogens is 1. The van der Waals surface area contributed by atoms with Crippen LogP contribution in [0.4, 0.5) is 8.78 Å². The van der Waals surface area contributed by atoms with Gasteiger partial charge in [-0.15, -0.1) is 11.6 Å². The van der Waals surface area contributed by atoms with Crippen LogP contribution in [0.5, 0.6) is 0 Å². The Balaban J connectivity index is 3.41. The van der Waals surface area contributed by atoms with E-state index in [9.17, 15) is 13.6 Å². The molecule has 0 amide bonds. The molecule has 0 aliphatic rings. The van der Waals surface area contributed by atoms with Crippen LogP contribution < -0.4 is 5.56 Å². The fourth-order valence-corrected chi connectivity index (χ4v) is 1.50. The van der Waals surface area contributed by atoms with Gasteiger partial charge in [0.2, 0.25) is 5.56 Å². The maximum atomic E-state index is 12.6. The molecule has 1 rings (SSSR count). The van der Waals surface area contributed by atoms with Crippen LogP contribution in [0, 0.1) is 11.3 Å². The summed E-state index contributed by atoms with van der Waals surface area (Å²) in [4.78, 5) is 13.3. The van der Waals surface area contributed by atoms with E-state index in [0.717, 1.165) is 6.07 Å². The summed E-state index contributed by atoms with van der Waals surface area (Å²) < 4.78 is 25.3. The highest BCUT2D eigenvalue weighted by molar-refractivity contribution is 6.17. The number of rotatable bonds is 3. The van der Waals surface area contributed by atoms with Gasteiger partial charge in [-0.25, -0.2) is 8.78 Å². The van der Waals surface area contributed by atoms with Crippen molar-refractivity contribution in [2.24, 2.45) is 0 Å². The molecule has 0 aliphatic heterocycles. The van der Waals surface area contributed by atoms with Crippen molar-refractivity contribution >= 4 is 11.6 Å². The molecule has 0 bridgehead atoms. The van der Waals surface area contributed by atoms with Crippen molar-refractivity contribution in [2.45, 2.75) is 18.7 Å². The Labute approximate surface area is 89.3 Å². The molecule has 1 heterocycles. The molecule has 0 spiro atoms. The van der Waals surface area contributed by atoms with Crippen molar-refractivity contribution in [3.8, 4) is 6.07 Å². The number of halogens is 3. The standard InChI is InChI=1S/C9H7ClF2N2O/c10-4-6-8(9(11)12)5(1-2-13)3-7(15)14-6/h3,9H,1,4H2,(H,14,15). The molecular weight excluding hydrogens is 226 g/mol. The van der Waals surface area contributed by atoms with Gasteiger partial charge < -0.3 is 4.98 Å². The second-order valence-corrected chi connectivity index (χ2v) is 3.09. The fraction of sp³-hybridized carbons (Fsp3) is 0.333. The van der Waals surface area contributed by atoms with Crippen LogP contribution >= 0.6 is 11.6 Å². The van der Waals surface area contributed by atoms with Crippen LogP contribution in [0.3, 0.4) is 0 Å². The number of hydrogen-bond acceptors (Lipinski definition) is 2. The van der Waals surface area contributed by atoms with Crippen molar-refractivity contribution in [1.82, 2.24) is 4.98 Å². The molecule has 0 saturated carbocycles. The van der Waals surface area contributed by atoms with Gasteiger partial charge in [0.15, 0.2) is 0 Å². The van der Waals surface area contributed by atoms with Crippen molar-refractivity contribution < 1.29 is 8.78 Å². The first-order valence-electron chi connectivity index (χ1n) is 4.06. The summed E-state index contributed by atoms with van der Waals surface area (Å²) in [5.41, 5.74) is -0.859. The average Bonchev–Trinajstić information content (AvgIpc) is 2.16. The van der Waals surface area contributed by atoms with E-state index in [4.69, 9.17) is 16.9 Å². The Hall–Kier alpha value is -1.41.